The third kappa shape index (κ3) is 4.92. The van der Waals surface area contributed by atoms with Crippen LogP contribution >= 0.6 is 24.0 Å². The number of nitrogens with one attached hydrogen (secondary N) is 2. The van der Waals surface area contributed by atoms with E-state index in [4.69, 9.17) is 11.6 Å². The molecule has 0 bridgehead atoms. The Labute approximate surface area is 156 Å². The summed E-state index contributed by atoms with van der Waals surface area (Å²) in [4.78, 5) is 35.3. The molecule has 1 aromatic carbocycles. The number of likely N-dealkylation sites (N-methyl/N-ethyl adjacent to an activating group) is 1. The highest BCUT2D eigenvalue weighted by atomic mass is 35.5. The van der Waals surface area contributed by atoms with Gasteiger partial charge in [-0.2, -0.15) is 0 Å². The van der Waals surface area contributed by atoms with E-state index >= 15 is 0 Å². The minimum atomic E-state index is -0.223. The molecular weight excluding hydrogens is 365 g/mol. The quantitative estimate of drug-likeness (QED) is 0.815. The van der Waals surface area contributed by atoms with Gasteiger partial charge in [0.05, 0.1) is 24.0 Å². The van der Waals surface area contributed by atoms with Crippen molar-refractivity contribution in [3.63, 3.8) is 0 Å². The lowest BCUT2D eigenvalue weighted by molar-refractivity contribution is -0.132. The molecule has 0 spiro atoms. The third-order valence-electron chi connectivity index (χ3n) is 4.01. The molecule has 0 aliphatic carbocycles. The molecule has 3 rings (SSSR count). The lowest BCUT2D eigenvalue weighted by Crippen LogP contribution is -2.49. The normalized spacial score (nSPS) is 14.6. The topological polar surface area (TPSA) is 81.3 Å². The molecule has 0 atom stereocenters. The fourth-order valence-electron chi connectivity index (χ4n) is 2.79. The number of benzene rings is 1. The summed E-state index contributed by atoms with van der Waals surface area (Å²) in [7, 11) is 1.84. The number of aromatic amines is 1. The maximum Gasteiger partial charge on any atom is 0.258 e. The highest BCUT2D eigenvalue weighted by Gasteiger charge is 2.18. The lowest BCUT2D eigenvalue weighted by atomic mass is 10.2. The zero-order valence-electron chi connectivity index (χ0n) is 13.9. The van der Waals surface area contributed by atoms with Crippen LogP contribution in [0.2, 0.25) is 5.02 Å². The van der Waals surface area contributed by atoms with Crippen LogP contribution in [0.15, 0.2) is 23.0 Å². The molecule has 25 heavy (non-hydrogen) atoms. The van der Waals surface area contributed by atoms with Crippen molar-refractivity contribution in [2.45, 2.75) is 6.54 Å². The van der Waals surface area contributed by atoms with Gasteiger partial charge in [0.2, 0.25) is 5.91 Å². The van der Waals surface area contributed by atoms with Crippen molar-refractivity contribution in [3.8, 4) is 0 Å². The highest BCUT2D eigenvalue weighted by Crippen LogP contribution is 2.14. The van der Waals surface area contributed by atoms with Gasteiger partial charge in [-0.05, 0) is 25.2 Å². The Morgan fingerprint density at radius 2 is 2.08 bits per heavy atom. The molecule has 0 unspecified atom stereocenters. The second-order valence-corrected chi connectivity index (χ2v) is 6.41. The van der Waals surface area contributed by atoms with E-state index in [2.05, 4.69) is 15.3 Å². The summed E-state index contributed by atoms with van der Waals surface area (Å²) in [6.07, 6.45) is 0. The molecule has 1 aliphatic heterocycles. The van der Waals surface area contributed by atoms with Crippen molar-refractivity contribution in [2.24, 2.45) is 0 Å². The summed E-state index contributed by atoms with van der Waals surface area (Å²) in [6, 6.07) is 5.03. The Hall–Kier alpha value is -1.67. The van der Waals surface area contributed by atoms with Gasteiger partial charge in [0.25, 0.3) is 5.56 Å². The number of hydrogen-bond donors (Lipinski definition) is 2. The van der Waals surface area contributed by atoms with Crippen LogP contribution in [-0.4, -0.2) is 65.4 Å². The van der Waals surface area contributed by atoms with Gasteiger partial charge in [-0.1, -0.05) is 11.6 Å². The molecule has 136 valence electrons. The number of carbonyl (C=O) groups excluding carboxylic acids is 1. The van der Waals surface area contributed by atoms with Crippen LogP contribution in [0.5, 0.6) is 0 Å². The van der Waals surface area contributed by atoms with E-state index in [1.165, 1.54) is 0 Å². The van der Waals surface area contributed by atoms with Gasteiger partial charge in [0.15, 0.2) is 0 Å². The summed E-state index contributed by atoms with van der Waals surface area (Å²) >= 11 is 5.91. The number of hydrogen-bond acceptors (Lipinski definition) is 5. The van der Waals surface area contributed by atoms with Crippen LogP contribution in [0, 0.1) is 0 Å². The number of fused-ring (bicyclic) bond motifs is 1. The number of amides is 1. The number of nitrogens with zero attached hydrogens (tertiary/aromatic N) is 3. The third-order valence-corrected chi connectivity index (χ3v) is 4.25. The summed E-state index contributed by atoms with van der Waals surface area (Å²) < 4.78 is 0. The van der Waals surface area contributed by atoms with E-state index in [1.807, 2.05) is 16.8 Å². The van der Waals surface area contributed by atoms with E-state index in [9.17, 15) is 9.59 Å². The van der Waals surface area contributed by atoms with Gasteiger partial charge in [-0.25, -0.2) is 4.98 Å². The molecule has 2 heterocycles. The Morgan fingerprint density at radius 1 is 1.36 bits per heavy atom. The van der Waals surface area contributed by atoms with Gasteiger partial charge >= 0.3 is 0 Å². The first-order valence-electron chi connectivity index (χ1n) is 7.88. The zero-order chi connectivity index (χ0) is 17.1. The van der Waals surface area contributed by atoms with E-state index in [1.54, 1.807) is 18.2 Å². The van der Waals surface area contributed by atoms with Crippen LogP contribution in [0.4, 0.5) is 0 Å². The van der Waals surface area contributed by atoms with Gasteiger partial charge in [0.1, 0.15) is 5.82 Å². The Balaban J connectivity index is 0.00000225. The molecule has 2 aromatic rings. The standard InChI is InChI=1S/C16H20ClN5O2.ClH/c1-21(10-15(23)22-6-4-18-5-7-22)9-14-19-13-3-2-11(17)8-12(13)16(24)20-14;/h2-3,8,18H,4-7,9-10H2,1H3,(H,19,20,24);1H. The Bertz CT molecular complexity index is 805. The molecule has 1 aromatic heterocycles. The molecule has 0 radical (unpaired) electrons. The Morgan fingerprint density at radius 3 is 2.80 bits per heavy atom. The second-order valence-electron chi connectivity index (χ2n) is 5.98. The smallest absolute Gasteiger partial charge is 0.258 e. The van der Waals surface area contributed by atoms with Crippen LogP contribution in [0.1, 0.15) is 5.82 Å². The average molecular weight is 386 g/mol. The molecule has 2 N–H and O–H groups in total. The number of halogens is 2. The molecule has 9 heteroatoms. The van der Waals surface area contributed by atoms with Crippen LogP contribution in [-0.2, 0) is 11.3 Å². The minimum Gasteiger partial charge on any atom is -0.339 e. The van der Waals surface area contributed by atoms with Crippen molar-refractivity contribution in [2.75, 3.05) is 39.8 Å². The predicted molar refractivity (Wildman–Crippen MR) is 100 cm³/mol. The largest absolute Gasteiger partial charge is 0.339 e. The number of H-pyrrole nitrogens is 1. The molecule has 1 amide bonds. The molecule has 0 saturated carbocycles. The maximum absolute atomic E-state index is 12.3. The van der Waals surface area contributed by atoms with E-state index in [-0.39, 0.29) is 23.9 Å². The van der Waals surface area contributed by atoms with Crippen LogP contribution < -0.4 is 10.9 Å². The maximum atomic E-state index is 12.3. The monoisotopic (exact) mass is 385 g/mol. The molecular formula is C16H21Cl2N5O2. The molecule has 1 saturated heterocycles. The van der Waals surface area contributed by atoms with Gasteiger partial charge in [0, 0.05) is 31.2 Å². The summed E-state index contributed by atoms with van der Waals surface area (Å²) in [5.41, 5.74) is 0.374. The Kier molecular flexibility index (Phi) is 6.78. The van der Waals surface area contributed by atoms with Crippen molar-refractivity contribution >= 4 is 40.8 Å². The number of rotatable bonds is 4. The fraction of sp³-hybridized carbons (Fsp3) is 0.438. The van der Waals surface area contributed by atoms with Gasteiger partial charge < -0.3 is 15.2 Å². The number of carbonyl (C=O) groups is 1. The minimum absolute atomic E-state index is 0. The molecule has 7 nitrogen and oxygen atoms in total. The van der Waals surface area contributed by atoms with E-state index in [0.717, 1.165) is 26.2 Å². The van der Waals surface area contributed by atoms with Crippen molar-refractivity contribution < 1.29 is 4.79 Å². The fourth-order valence-corrected chi connectivity index (χ4v) is 2.96. The van der Waals surface area contributed by atoms with Gasteiger partial charge in [-0.15, -0.1) is 12.4 Å². The molecule has 1 aliphatic rings. The van der Waals surface area contributed by atoms with E-state index < -0.39 is 0 Å². The van der Waals surface area contributed by atoms with Gasteiger partial charge in [-0.3, -0.25) is 14.5 Å². The first-order valence-corrected chi connectivity index (χ1v) is 8.26. The summed E-state index contributed by atoms with van der Waals surface area (Å²) in [5, 5.41) is 4.19. The lowest BCUT2D eigenvalue weighted by Gasteiger charge is -2.29. The SMILES string of the molecule is CN(CC(=O)N1CCNCC1)Cc1nc2ccc(Cl)cc2c(=O)[nH]1.Cl. The highest BCUT2D eigenvalue weighted by molar-refractivity contribution is 6.31. The first-order chi connectivity index (χ1) is 11.5. The number of piperazine rings is 1. The van der Waals surface area contributed by atoms with Crippen LogP contribution in [0.3, 0.4) is 0 Å². The van der Waals surface area contributed by atoms with Crippen molar-refractivity contribution in [1.82, 2.24) is 25.1 Å². The second kappa shape index (κ2) is 8.62. The van der Waals surface area contributed by atoms with Crippen molar-refractivity contribution in [3.05, 3.63) is 39.4 Å². The molecule has 1 fully saturated rings. The summed E-state index contributed by atoms with van der Waals surface area (Å²) in [5.74, 6) is 0.624. The summed E-state index contributed by atoms with van der Waals surface area (Å²) in [6.45, 7) is 3.82. The predicted octanol–water partition coefficient (Wildman–Crippen LogP) is 0.862. The zero-order valence-corrected chi connectivity index (χ0v) is 15.5. The average Bonchev–Trinajstić information content (AvgIpc) is 2.56. The number of aromatic nitrogens is 2. The van der Waals surface area contributed by atoms with Crippen molar-refractivity contribution in [1.29, 1.82) is 0 Å². The van der Waals surface area contributed by atoms with Crippen LogP contribution in [0.25, 0.3) is 10.9 Å². The first kappa shape index (κ1) is 19.7. The van der Waals surface area contributed by atoms with E-state index in [0.29, 0.717) is 34.8 Å².